The Labute approximate surface area is 212 Å². The fraction of sp³-hybridized carbons (Fsp3) is 0.438. The Balaban J connectivity index is 1.24. The van der Waals surface area contributed by atoms with Gasteiger partial charge in [0.05, 0.1) is 6.10 Å². The summed E-state index contributed by atoms with van der Waals surface area (Å²) in [6, 6.07) is 26.6. The summed E-state index contributed by atoms with van der Waals surface area (Å²) in [6.45, 7) is 7.16. The van der Waals surface area contributed by atoms with E-state index in [2.05, 4.69) is 99.8 Å². The van der Waals surface area contributed by atoms with Gasteiger partial charge < -0.3 is 9.47 Å². The lowest BCUT2D eigenvalue weighted by molar-refractivity contribution is -0.0650. The second-order valence-corrected chi connectivity index (χ2v) is 14.8. The largest absolute Gasteiger partial charge is 0.467 e. The number of hydrogen-bond acceptors (Lipinski definition) is 2. The van der Waals surface area contributed by atoms with Crippen molar-refractivity contribution >= 4 is 10.0 Å². The number of ether oxygens (including phenoxy) is 2. The first-order valence-electron chi connectivity index (χ1n) is 13.1. The van der Waals surface area contributed by atoms with E-state index in [0.717, 1.165) is 23.5 Å². The molecule has 3 aliphatic carbocycles. The summed E-state index contributed by atoms with van der Waals surface area (Å²) >= 11 is 0. The summed E-state index contributed by atoms with van der Waals surface area (Å²) in [4.78, 5) is 4.13. The van der Waals surface area contributed by atoms with Gasteiger partial charge in [0, 0.05) is 0 Å². The third kappa shape index (κ3) is 3.92. The molecule has 0 aromatic heterocycles. The quantitative estimate of drug-likeness (QED) is 0.312. The van der Waals surface area contributed by atoms with Crippen LogP contribution in [0.4, 0.5) is 0 Å². The fourth-order valence-corrected chi connectivity index (χ4v) is 10.5. The molecule has 0 N–H and O–H groups in total. The summed E-state index contributed by atoms with van der Waals surface area (Å²) in [5, 5.41) is 0. The van der Waals surface area contributed by atoms with E-state index in [4.69, 9.17) is 9.47 Å². The molecule has 5 atom stereocenters. The van der Waals surface area contributed by atoms with Gasteiger partial charge in [0.1, 0.15) is 5.75 Å². The Bertz CT molecular complexity index is 1140. The smallest absolute Gasteiger partial charge is 0.189 e. The van der Waals surface area contributed by atoms with Crippen LogP contribution in [-0.4, -0.2) is 19.2 Å². The van der Waals surface area contributed by atoms with Gasteiger partial charge in [0.15, 0.2) is 6.79 Å². The van der Waals surface area contributed by atoms with E-state index >= 15 is 0 Å². The highest BCUT2D eigenvalue weighted by atomic mass is 32.3. The van der Waals surface area contributed by atoms with Crippen molar-refractivity contribution in [1.82, 2.24) is 0 Å². The lowest BCUT2D eigenvalue weighted by Crippen LogP contribution is -2.27. The van der Waals surface area contributed by atoms with Gasteiger partial charge in [-0.1, -0.05) is 43.3 Å². The fourth-order valence-electron chi connectivity index (χ4n) is 7.47. The van der Waals surface area contributed by atoms with Crippen LogP contribution >= 0.6 is 10.0 Å². The molecule has 3 heteroatoms. The second-order valence-electron chi connectivity index (χ2n) is 11.5. The average Bonchev–Trinajstić information content (AvgIpc) is 3.48. The Kier molecular flexibility index (Phi) is 5.77. The molecule has 3 aromatic carbocycles. The van der Waals surface area contributed by atoms with Gasteiger partial charge >= 0.3 is 0 Å². The predicted octanol–water partition coefficient (Wildman–Crippen LogP) is 8.39. The number of benzene rings is 3. The zero-order valence-electron chi connectivity index (χ0n) is 21.5. The van der Waals surface area contributed by atoms with Crippen molar-refractivity contribution in [1.29, 1.82) is 0 Å². The minimum Gasteiger partial charge on any atom is -0.467 e. The molecule has 0 heterocycles. The highest BCUT2D eigenvalue weighted by Crippen LogP contribution is 2.72. The topological polar surface area (TPSA) is 18.5 Å². The summed E-state index contributed by atoms with van der Waals surface area (Å²) in [6.07, 6.45) is 8.34. The molecule has 5 unspecified atom stereocenters. The first-order chi connectivity index (χ1) is 16.9. The molecule has 2 bridgehead atoms. The number of aryl methyl sites for hydroxylation is 2. The van der Waals surface area contributed by atoms with Crippen molar-refractivity contribution in [2.24, 2.45) is 23.2 Å². The Morgan fingerprint density at radius 3 is 2.03 bits per heavy atom. The first kappa shape index (κ1) is 23.2. The summed E-state index contributed by atoms with van der Waals surface area (Å²) < 4.78 is 12.8. The number of fused-ring (bicyclic) bond motifs is 1. The van der Waals surface area contributed by atoms with Crippen LogP contribution in [0.3, 0.4) is 0 Å². The standard InChI is InChI=1S/C32H38O2S/c1-22-15-25-19-32(18-22)20-29(32)31(25)34-21-33-30-23(2)16-28(17-24(30)3)35(4,26-11-7-5-8-12-26)27-13-9-6-10-14-27/h5-14,16-17,22,25,29,31H,15,18-21H2,1-4H3. The first-order valence-corrected chi connectivity index (χ1v) is 15.2. The summed E-state index contributed by atoms with van der Waals surface area (Å²) in [7, 11) is -1.37. The van der Waals surface area contributed by atoms with Crippen LogP contribution in [0.25, 0.3) is 0 Å². The SMILES string of the molecule is Cc1cc(S(C)(c2ccccc2)c2ccccc2)cc(C)c1OCOC1C2CC(C)CC3(C2)CC13. The summed E-state index contributed by atoms with van der Waals surface area (Å²) in [5.41, 5.74) is 3.01. The van der Waals surface area contributed by atoms with Crippen LogP contribution in [0.2, 0.25) is 0 Å². The molecular weight excluding hydrogens is 448 g/mol. The summed E-state index contributed by atoms with van der Waals surface area (Å²) in [5.74, 6) is 3.37. The normalized spacial score (nSPS) is 29.5. The molecular formula is C32H38O2S. The minimum absolute atomic E-state index is 0.366. The molecule has 0 radical (unpaired) electrons. The number of hydrogen-bond donors (Lipinski definition) is 0. The molecule has 0 amide bonds. The molecule has 3 saturated carbocycles. The van der Waals surface area contributed by atoms with Gasteiger partial charge in [-0.3, -0.25) is 0 Å². The Hall–Kier alpha value is -2.23. The maximum atomic E-state index is 6.45. The van der Waals surface area contributed by atoms with Gasteiger partial charge in [-0.25, -0.2) is 0 Å². The van der Waals surface area contributed by atoms with E-state index in [1.807, 2.05) is 0 Å². The third-order valence-electron chi connectivity index (χ3n) is 9.04. The van der Waals surface area contributed by atoms with Crippen LogP contribution in [0.15, 0.2) is 87.5 Å². The molecule has 0 saturated heterocycles. The van der Waals surface area contributed by atoms with Crippen LogP contribution in [0, 0.1) is 37.0 Å². The van der Waals surface area contributed by atoms with Gasteiger partial charge in [-0.2, -0.15) is 10.0 Å². The van der Waals surface area contributed by atoms with E-state index in [0.29, 0.717) is 18.3 Å². The van der Waals surface area contributed by atoms with Crippen LogP contribution in [0.1, 0.15) is 43.7 Å². The lowest BCUT2D eigenvalue weighted by atomic mass is 9.77. The lowest BCUT2D eigenvalue weighted by Gasteiger charge is -2.38. The molecule has 1 spiro atoms. The Morgan fingerprint density at radius 2 is 1.43 bits per heavy atom. The monoisotopic (exact) mass is 486 g/mol. The molecule has 2 nitrogen and oxygen atoms in total. The van der Waals surface area contributed by atoms with Crippen LogP contribution < -0.4 is 4.74 Å². The predicted molar refractivity (Wildman–Crippen MR) is 145 cm³/mol. The molecule has 3 aromatic rings. The highest BCUT2D eigenvalue weighted by molar-refractivity contribution is 8.33. The van der Waals surface area contributed by atoms with Crippen molar-refractivity contribution < 1.29 is 9.47 Å². The molecule has 3 aliphatic rings. The van der Waals surface area contributed by atoms with E-state index in [9.17, 15) is 0 Å². The maximum absolute atomic E-state index is 6.45. The average molecular weight is 487 g/mol. The van der Waals surface area contributed by atoms with Crippen molar-refractivity contribution in [3.8, 4) is 5.75 Å². The minimum atomic E-state index is -1.37. The molecule has 184 valence electrons. The van der Waals surface area contributed by atoms with Crippen LogP contribution in [0.5, 0.6) is 5.75 Å². The van der Waals surface area contributed by atoms with Crippen molar-refractivity contribution in [3.63, 3.8) is 0 Å². The molecule has 3 fully saturated rings. The van der Waals surface area contributed by atoms with Gasteiger partial charge in [0.2, 0.25) is 0 Å². The zero-order chi connectivity index (χ0) is 24.2. The van der Waals surface area contributed by atoms with Crippen LogP contribution in [-0.2, 0) is 4.74 Å². The molecule has 35 heavy (non-hydrogen) atoms. The number of rotatable bonds is 7. The van der Waals surface area contributed by atoms with Crippen molar-refractivity contribution in [2.45, 2.75) is 67.2 Å². The van der Waals surface area contributed by atoms with Crippen molar-refractivity contribution in [2.75, 3.05) is 13.0 Å². The Morgan fingerprint density at radius 1 is 0.829 bits per heavy atom. The molecule has 6 rings (SSSR count). The van der Waals surface area contributed by atoms with E-state index in [1.165, 1.54) is 51.5 Å². The van der Waals surface area contributed by atoms with Gasteiger partial charge in [0.25, 0.3) is 0 Å². The van der Waals surface area contributed by atoms with Gasteiger partial charge in [-0.05, 0) is 131 Å². The van der Waals surface area contributed by atoms with Gasteiger partial charge in [-0.15, -0.1) is 0 Å². The molecule has 0 aliphatic heterocycles. The van der Waals surface area contributed by atoms with E-state index in [-0.39, 0.29) is 0 Å². The van der Waals surface area contributed by atoms with E-state index in [1.54, 1.807) is 0 Å². The zero-order valence-corrected chi connectivity index (χ0v) is 22.3. The maximum Gasteiger partial charge on any atom is 0.189 e. The van der Waals surface area contributed by atoms with E-state index < -0.39 is 10.0 Å². The third-order valence-corrected chi connectivity index (χ3v) is 12.6. The second kappa shape index (κ2) is 8.71. The highest BCUT2D eigenvalue weighted by Gasteiger charge is 2.67. The van der Waals surface area contributed by atoms with Crippen molar-refractivity contribution in [3.05, 3.63) is 83.9 Å².